The van der Waals surface area contributed by atoms with E-state index in [2.05, 4.69) is 10.1 Å². The maximum absolute atomic E-state index is 12.4. The van der Waals surface area contributed by atoms with Crippen molar-refractivity contribution in [2.45, 2.75) is 20.4 Å². The lowest BCUT2D eigenvalue weighted by Gasteiger charge is -2.34. The minimum atomic E-state index is -0.00658. The van der Waals surface area contributed by atoms with Crippen LogP contribution >= 0.6 is 0 Å². The molecule has 1 fully saturated rings. The number of benzene rings is 1. The standard InChI is InChI=1S/C19H25N3O4/c1-14-16(15(2)26-20-14)12-21-8-10-22(11-9-21)19(23)13-25-18-7-5-4-6-17(18)24-3/h4-7H,8-13H2,1-3H3. The summed E-state index contributed by atoms with van der Waals surface area (Å²) in [6.07, 6.45) is 0. The van der Waals surface area contributed by atoms with Crippen LogP contribution in [0.2, 0.25) is 0 Å². The van der Waals surface area contributed by atoms with Crippen molar-refractivity contribution in [1.29, 1.82) is 0 Å². The normalized spacial score (nSPS) is 15.1. The van der Waals surface area contributed by atoms with Gasteiger partial charge < -0.3 is 18.9 Å². The van der Waals surface area contributed by atoms with Crippen molar-refractivity contribution in [3.05, 3.63) is 41.3 Å². The van der Waals surface area contributed by atoms with E-state index >= 15 is 0 Å². The number of methoxy groups -OCH3 is 1. The zero-order chi connectivity index (χ0) is 18.5. The number of hydrogen-bond acceptors (Lipinski definition) is 6. The Kier molecular flexibility index (Phi) is 5.78. The van der Waals surface area contributed by atoms with Crippen LogP contribution < -0.4 is 9.47 Å². The van der Waals surface area contributed by atoms with Gasteiger partial charge in [0.25, 0.3) is 5.91 Å². The molecule has 1 amide bonds. The molecule has 1 aliphatic rings. The molecule has 0 unspecified atom stereocenters. The van der Waals surface area contributed by atoms with Crippen LogP contribution in [0.5, 0.6) is 11.5 Å². The van der Waals surface area contributed by atoms with Crippen molar-refractivity contribution in [3.8, 4) is 11.5 Å². The van der Waals surface area contributed by atoms with E-state index in [4.69, 9.17) is 14.0 Å². The summed E-state index contributed by atoms with van der Waals surface area (Å²) in [6.45, 7) is 7.75. The number of para-hydroxylation sites is 2. The van der Waals surface area contributed by atoms with Crippen molar-refractivity contribution in [2.24, 2.45) is 0 Å². The molecule has 1 aromatic carbocycles. The van der Waals surface area contributed by atoms with Crippen LogP contribution in [0.1, 0.15) is 17.0 Å². The van der Waals surface area contributed by atoms with Crippen molar-refractivity contribution in [3.63, 3.8) is 0 Å². The van der Waals surface area contributed by atoms with Crippen LogP contribution in [-0.2, 0) is 11.3 Å². The van der Waals surface area contributed by atoms with Crippen LogP contribution in [0.15, 0.2) is 28.8 Å². The maximum atomic E-state index is 12.4. The summed E-state index contributed by atoms with van der Waals surface area (Å²) in [6, 6.07) is 7.34. The predicted octanol–water partition coefficient (Wildman–Crippen LogP) is 2.02. The third-order valence-electron chi connectivity index (χ3n) is 4.71. The van der Waals surface area contributed by atoms with E-state index in [1.807, 2.05) is 36.9 Å². The zero-order valence-corrected chi connectivity index (χ0v) is 15.5. The first-order valence-electron chi connectivity index (χ1n) is 8.76. The minimum Gasteiger partial charge on any atom is -0.493 e. The number of aryl methyl sites for hydroxylation is 2. The predicted molar refractivity (Wildman–Crippen MR) is 96.3 cm³/mol. The van der Waals surface area contributed by atoms with E-state index in [1.165, 1.54) is 0 Å². The van der Waals surface area contributed by atoms with E-state index in [0.29, 0.717) is 24.6 Å². The van der Waals surface area contributed by atoms with Crippen molar-refractivity contribution in [2.75, 3.05) is 39.9 Å². The zero-order valence-electron chi connectivity index (χ0n) is 15.5. The number of carbonyl (C=O) groups is 1. The summed E-state index contributed by atoms with van der Waals surface area (Å²) < 4.78 is 16.1. The number of piperazine rings is 1. The van der Waals surface area contributed by atoms with Gasteiger partial charge in [-0.15, -0.1) is 0 Å². The van der Waals surface area contributed by atoms with Crippen LogP contribution in [0, 0.1) is 13.8 Å². The number of nitrogens with zero attached hydrogens (tertiary/aromatic N) is 3. The Hall–Kier alpha value is -2.54. The Morgan fingerprint density at radius 1 is 1.15 bits per heavy atom. The van der Waals surface area contributed by atoms with E-state index in [9.17, 15) is 4.79 Å². The third-order valence-corrected chi connectivity index (χ3v) is 4.71. The smallest absolute Gasteiger partial charge is 0.260 e. The van der Waals surface area contributed by atoms with Gasteiger partial charge in [0.05, 0.1) is 12.8 Å². The molecule has 1 saturated heterocycles. The monoisotopic (exact) mass is 359 g/mol. The molecule has 2 heterocycles. The van der Waals surface area contributed by atoms with Gasteiger partial charge in [0.2, 0.25) is 0 Å². The Morgan fingerprint density at radius 2 is 1.85 bits per heavy atom. The lowest BCUT2D eigenvalue weighted by Crippen LogP contribution is -2.49. The SMILES string of the molecule is COc1ccccc1OCC(=O)N1CCN(Cc2c(C)noc2C)CC1. The van der Waals surface area contributed by atoms with Gasteiger partial charge in [0.1, 0.15) is 5.76 Å². The Morgan fingerprint density at radius 3 is 2.46 bits per heavy atom. The quantitative estimate of drug-likeness (QED) is 0.786. The second-order valence-electron chi connectivity index (χ2n) is 6.40. The van der Waals surface area contributed by atoms with Crippen LogP contribution in [0.4, 0.5) is 0 Å². The van der Waals surface area contributed by atoms with E-state index in [0.717, 1.165) is 36.7 Å². The summed E-state index contributed by atoms with van der Waals surface area (Å²) in [7, 11) is 1.59. The fourth-order valence-corrected chi connectivity index (χ4v) is 3.08. The first-order chi connectivity index (χ1) is 12.6. The molecule has 0 radical (unpaired) electrons. The highest BCUT2D eigenvalue weighted by atomic mass is 16.5. The second kappa shape index (κ2) is 8.23. The summed E-state index contributed by atoms with van der Waals surface area (Å²) in [5.74, 6) is 2.07. The summed E-state index contributed by atoms with van der Waals surface area (Å²) in [5.41, 5.74) is 2.08. The molecular formula is C19H25N3O4. The third kappa shape index (κ3) is 4.16. The average molecular weight is 359 g/mol. The molecule has 7 nitrogen and oxygen atoms in total. The Bertz CT molecular complexity index is 731. The van der Waals surface area contributed by atoms with Crippen molar-refractivity contribution < 1.29 is 18.8 Å². The fraction of sp³-hybridized carbons (Fsp3) is 0.474. The molecule has 140 valence electrons. The van der Waals surface area contributed by atoms with Gasteiger partial charge in [0.15, 0.2) is 18.1 Å². The number of rotatable bonds is 6. The van der Waals surface area contributed by atoms with E-state index in [-0.39, 0.29) is 12.5 Å². The largest absolute Gasteiger partial charge is 0.493 e. The fourth-order valence-electron chi connectivity index (χ4n) is 3.08. The second-order valence-corrected chi connectivity index (χ2v) is 6.40. The molecule has 0 spiro atoms. The highest BCUT2D eigenvalue weighted by Crippen LogP contribution is 2.25. The van der Waals surface area contributed by atoms with Gasteiger partial charge in [-0.05, 0) is 26.0 Å². The van der Waals surface area contributed by atoms with Gasteiger partial charge in [-0.3, -0.25) is 9.69 Å². The molecule has 2 aromatic rings. The lowest BCUT2D eigenvalue weighted by molar-refractivity contribution is -0.135. The number of aromatic nitrogens is 1. The molecular weight excluding hydrogens is 334 g/mol. The molecule has 1 aliphatic heterocycles. The first kappa shape index (κ1) is 18.3. The van der Waals surface area contributed by atoms with Crippen LogP contribution in [0.3, 0.4) is 0 Å². The van der Waals surface area contributed by atoms with Gasteiger partial charge in [-0.1, -0.05) is 17.3 Å². The maximum Gasteiger partial charge on any atom is 0.260 e. The average Bonchev–Trinajstić information content (AvgIpc) is 2.99. The lowest BCUT2D eigenvalue weighted by atomic mass is 10.2. The Balaban J connectivity index is 1.48. The number of carbonyl (C=O) groups excluding carboxylic acids is 1. The highest BCUT2D eigenvalue weighted by molar-refractivity contribution is 5.78. The summed E-state index contributed by atoms with van der Waals surface area (Å²) in [4.78, 5) is 16.6. The van der Waals surface area contributed by atoms with Crippen molar-refractivity contribution in [1.82, 2.24) is 15.0 Å². The molecule has 1 aromatic heterocycles. The Labute approximate surface area is 153 Å². The molecule has 0 aliphatic carbocycles. The molecule has 0 N–H and O–H groups in total. The molecule has 3 rings (SSSR count). The number of ether oxygens (including phenoxy) is 2. The van der Waals surface area contributed by atoms with Gasteiger partial charge in [0, 0.05) is 38.3 Å². The topological polar surface area (TPSA) is 68.0 Å². The molecule has 26 heavy (non-hydrogen) atoms. The number of amides is 1. The molecule has 7 heteroatoms. The highest BCUT2D eigenvalue weighted by Gasteiger charge is 2.23. The van der Waals surface area contributed by atoms with Gasteiger partial charge in [-0.25, -0.2) is 0 Å². The molecule has 0 atom stereocenters. The summed E-state index contributed by atoms with van der Waals surface area (Å²) in [5, 5.41) is 4.00. The summed E-state index contributed by atoms with van der Waals surface area (Å²) >= 11 is 0. The first-order valence-corrected chi connectivity index (χ1v) is 8.76. The van der Waals surface area contributed by atoms with Crippen molar-refractivity contribution >= 4 is 5.91 Å². The van der Waals surface area contributed by atoms with E-state index < -0.39 is 0 Å². The van der Waals surface area contributed by atoms with Crippen LogP contribution in [0.25, 0.3) is 0 Å². The van der Waals surface area contributed by atoms with Gasteiger partial charge in [-0.2, -0.15) is 0 Å². The minimum absolute atomic E-state index is 0.00658. The van der Waals surface area contributed by atoms with Crippen LogP contribution in [-0.4, -0.2) is 60.8 Å². The number of hydrogen-bond donors (Lipinski definition) is 0. The molecule has 0 saturated carbocycles. The molecule has 0 bridgehead atoms. The van der Waals surface area contributed by atoms with E-state index in [1.54, 1.807) is 13.2 Å². The van der Waals surface area contributed by atoms with Gasteiger partial charge >= 0.3 is 0 Å².